The van der Waals surface area contributed by atoms with E-state index in [0.29, 0.717) is 19.0 Å². The Bertz CT molecular complexity index is 456. The van der Waals surface area contributed by atoms with Gasteiger partial charge in [0, 0.05) is 19.1 Å². The fourth-order valence-electron chi connectivity index (χ4n) is 2.83. The Hall–Kier alpha value is -1.39. The van der Waals surface area contributed by atoms with Gasteiger partial charge in [0.1, 0.15) is 0 Å². The van der Waals surface area contributed by atoms with Crippen molar-refractivity contribution in [1.82, 2.24) is 10.2 Å². The van der Waals surface area contributed by atoms with Gasteiger partial charge >= 0.3 is 0 Å². The van der Waals surface area contributed by atoms with E-state index in [2.05, 4.69) is 48.3 Å². The molecule has 0 spiro atoms. The summed E-state index contributed by atoms with van der Waals surface area (Å²) in [6, 6.07) is 8.47. The molecular weight excluding hydrogens is 262 g/mol. The molecule has 1 aliphatic heterocycles. The Labute approximate surface area is 127 Å². The van der Waals surface area contributed by atoms with E-state index in [9.17, 15) is 4.79 Å². The maximum Gasteiger partial charge on any atom is 0.234 e. The van der Waals surface area contributed by atoms with E-state index in [0.717, 1.165) is 25.1 Å². The number of nitrogens with zero attached hydrogens (tertiary/aromatic N) is 1. The highest BCUT2D eigenvalue weighted by Crippen LogP contribution is 2.18. The Kier molecular flexibility index (Phi) is 5.76. The first-order valence-corrected chi connectivity index (χ1v) is 7.85. The molecule has 2 rings (SSSR count). The molecule has 0 saturated carbocycles. The highest BCUT2D eigenvalue weighted by molar-refractivity contribution is 5.78. The first-order chi connectivity index (χ1) is 10.0. The predicted molar refractivity (Wildman–Crippen MR) is 85.8 cm³/mol. The van der Waals surface area contributed by atoms with Gasteiger partial charge in [0.25, 0.3) is 0 Å². The van der Waals surface area contributed by atoms with E-state index in [1.165, 1.54) is 12.0 Å². The number of nitrogens with one attached hydrogen (secondary N) is 1. The van der Waals surface area contributed by atoms with Crippen molar-refractivity contribution >= 4 is 5.91 Å². The molecule has 0 radical (unpaired) electrons. The molecule has 4 heteroatoms. The minimum atomic E-state index is 0.0981. The fraction of sp³-hybridized carbons (Fsp3) is 0.588. The van der Waals surface area contributed by atoms with Crippen molar-refractivity contribution in [2.75, 3.05) is 19.6 Å². The van der Waals surface area contributed by atoms with Crippen LogP contribution < -0.4 is 11.1 Å². The van der Waals surface area contributed by atoms with Crippen LogP contribution in [0, 0.1) is 12.8 Å². The molecule has 1 aromatic carbocycles. The number of likely N-dealkylation sites (tertiary alicyclic amines) is 1. The monoisotopic (exact) mass is 289 g/mol. The van der Waals surface area contributed by atoms with Crippen molar-refractivity contribution in [2.24, 2.45) is 11.7 Å². The minimum absolute atomic E-state index is 0.0981. The number of hydrogen-bond donors (Lipinski definition) is 2. The zero-order chi connectivity index (χ0) is 15.2. The maximum atomic E-state index is 12.0. The van der Waals surface area contributed by atoms with Gasteiger partial charge in [-0.05, 0) is 44.7 Å². The molecule has 0 aromatic heterocycles. The van der Waals surface area contributed by atoms with Crippen molar-refractivity contribution in [1.29, 1.82) is 0 Å². The number of rotatable bonds is 5. The zero-order valence-corrected chi connectivity index (χ0v) is 13.1. The standard InChI is InChI=1S/C17H27N3O/c1-13-5-7-15(8-6-13)10-19-17(21)12-20-9-3-4-16(11-20)14(2)18/h5-8,14,16H,3-4,9-12,18H2,1-2H3,(H,19,21). The molecule has 21 heavy (non-hydrogen) atoms. The molecule has 0 bridgehead atoms. The Balaban J connectivity index is 1.75. The van der Waals surface area contributed by atoms with Crippen molar-refractivity contribution < 1.29 is 4.79 Å². The van der Waals surface area contributed by atoms with Gasteiger partial charge in [-0.15, -0.1) is 0 Å². The van der Waals surface area contributed by atoms with Gasteiger partial charge in [-0.3, -0.25) is 9.69 Å². The lowest BCUT2D eigenvalue weighted by Crippen LogP contribution is -2.46. The van der Waals surface area contributed by atoms with E-state index >= 15 is 0 Å². The summed E-state index contributed by atoms with van der Waals surface area (Å²) < 4.78 is 0. The zero-order valence-electron chi connectivity index (χ0n) is 13.1. The van der Waals surface area contributed by atoms with E-state index in [1.54, 1.807) is 0 Å². The number of nitrogens with two attached hydrogens (primary N) is 1. The van der Waals surface area contributed by atoms with Crippen molar-refractivity contribution in [3.05, 3.63) is 35.4 Å². The molecule has 2 atom stereocenters. The highest BCUT2D eigenvalue weighted by atomic mass is 16.2. The Morgan fingerprint density at radius 3 is 2.81 bits per heavy atom. The molecule has 3 N–H and O–H groups in total. The summed E-state index contributed by atoms with van der Waals surface area (Å²) in [6.45, 7) is 7.15. The summed E-state index contributed by atoms with van der Waals surface area (Å²) >= 11 is 0. The van der Waals surface area contributed by atoms with Crippen molar-refractivity contribution in [3.8, 4) is 0 Å². The number of amides is 1. The normalized spacial score (nSPS) is 21.0. The molecule has 1 aromatic rings. The van der Waals surface area contributed by atoms with Crippen LogP contribution in [0.5, 0.6) is 0 Å². The van der Waals surface area contributed by atoms with Gasteiger partial charge in [-0.2, -0.15) is 0 Å². The molecule has 1 saturated heterocycles. The first-order valence-electron chi connectivity index (χ1n) is 7.85. The van der Waals surface area contributed by atoms with Gasteiger partial charge in [0.15, 0.2) is 0 Å². The second kappa shape index (κ2) is 7.57. The van der Waals surface area contributed by atoms with Crippen LogP contribution >= 0.6 is 0 Å². The third kappa shape index (κ3) is 5.14. The Morgan fingerprint density at radius 1 is 1.43 bits per heavy atom. The van der Waals surface area contributed by atoms with Crippen LogP contribution in [0.3, 0.4) is 0 Å². The van der Waals surface area contributed by atoms with Crippen LogP contribution in [-0.4, -0.2) is 36.5 Å². The second-order valence-corrected chi connectivity index (χ2v) is 6.26. The van der Waals surface area contributed by atoms with Crippen LogP contribution in [0.2, 0.25) is 0 Å². The van der Waals surface area contributed by atoms with Crippen molar-refractivity contribution in [2.45, 2.75) is 39.3 Å². The van der Waals surface area contributed by atoms with Crippen LogP contribution in [0.15, 0.2) is 24.3 Å². The molecule has 1 amide bonds. The average Bonchev–Trinajstić information content (AvgIpc) is 2.47. The van der Waals surface area contributed by atoms with E-state index < -0.39 is 0 Å². The number of carbonyl (C=O) groups is 1. The molecule has 1 fully saturated rings. The summed E-state index contributed by atoms with van der Waals surface area (Å²) in [5.74, 6) is 0.615. The van der Waals surface area contributed by atoms with Gasteiger partial charge in [-0.25, -0.2) is 0 Å². The third-order valence-electron chi connectivity index (χ3n) is 4.26. The van der Waals surface area contributed by atoms with Crippen LogP contribution in [0.4, 0.5) is 0 Å². The second-order valence-electron chi connectivity index (χ2n) is 6.26. The maximum absolute atomic E-state index is 12.0. The van der Waals surface area contributed by atoms with Gasteiger partial charge in [0.2, 0.25) is 5.91 Å². The summed E-state index contributed by atoms with van der Waals surface area (Å²) in [5.41, 5.74) is 8.36. The lowest BCUT2D eigenvalue weighted by molar-refractivity contribution is -0.122. The molecule has 2 unspecified atom stereocenters. The van der Waals surface area contributed by atoms with Gasteiger partial charge < -0.3 is 11.1 Å². The first kappa shape index (κ1) is 16.0. The minimum Gasteiger partial charge on any atom is -0.351 e. The van der Waals surface area contributed by atoms with Gasteiger partial charge in [0.05, 0.1) is 6.54 Å². The van der Waals surface area contributed by atoms with Gasteiger partial charge in [-0.1, -0.05) is 29.8 Å². The molecule has 116 valence electrons. The lowest BCUT2D eigenvalue weighted by Gasteiger charge is -2.34. The number of hydrogen-bond acceptors (Lipinski definition) is 3. The predicted octanol–water partition coefficient (Wildman–Crippen LogP) is 1.67. The summed E-state index contributed by atoms with van der Waals surface area (Å²) in [6.07, 6.45) is 2.32. The molecule has 1 aliphatic rings. The quantitative estimate of drug-likeness (QED) is 0.867. The third-order valence-corrected chi connectivity index (χ3v) is 4.26. The molecule has 4 nitrogen and oxygen atoms in total. The molecule has 0 aliphatic carbocycles. The number of piperidine rings is 1. The molecule has 1 heterocycles. The largest absolute Gasteiger partial charge is 0.351 e. The van der Waals surface area contributed by atoms with Crippen LogP contribution in [0.25, 0.3) is 0 Å². The fourth-order valence-corrected chi connectivity index (χ4v) is 2.83. The van der Waals surface area contributed by atoms with E-state index in [-0.39, 0.29) is 11.9 Å². The average molecular weight is 289 g/mol. The Morgan fingerprint density at radius 2 is 2.14 bits per heavy atom. The van der Waals surface area contributed by atoms with Crippen LogP contribution in [-0.2, 0) is 11.3 Å². The van der Waals surface area contributed by atoms with E-state index in [1.807, 2.05) is 0 Å². The highest BCUT2D eigenvalue weighted by Gasteiger charge is 2.23. The summed E-state index contributed by atoms with van der Waals surface area (Å²) in [7, 11) is 0. The number of carbonyl (C=O) groups excluding carboxylic acids is 1. The smallest absolute Gasteiger partial charge is 0.234 e. The van der Waals surface area contributed by atoms with E-state index in [4.69, 9.17) is 5.73 Å². The topological polar surface area (TPSA) is 58.4 Å². The lowest BCUT2D eigenvalue weighted by atomic mass is 9.92. The SMILES string of the molecule is Cc1ccc(CNC(=O)CN2CCCC(C(C)N)C2)cc1. The number of aryl methyl sites for hydroxylation is 1. The summed E-state index contributed by atoms with van der Waals surface area (Å²) in [4.78, 5) is 14.3. The number of benzene rings is 1. The van der Waals surface area contributed by atoms with Crippen LogP contribution in [0.1, 0.15) is 30.9 Å². The van der Waals surface area contributed by atoms with Crippen molar-refractivity contribution in [3.63, 3.8) is 0 Å². The summed E-state index contributed by atoms with van der Waals surface area (Å²) in [5, 5.41) is 3.00. The molecular formula is C17H27N3O.